The van der Waals surface area contributed by atoms with Crippen molar-refractivity contribution in [1.29, 1.82) is 0 Å². The fourth-order valence-corrected chi connectivity index (χ4v) is 27.2. The monoisotopic (exact) mass is 1770 g/mol. The van der Waals surface area contributed by atoms with Crippen LogP contribution in [0.1, 0.15) is 66.8 Å². The Bertz CT molecular complexity index is 9620. The highest BCUT2D eigenvalue weighted by Gasteiger charge is 2.55. The Hall–Kier alpha value is -17.6. The first-order valence-corrected chi connectivity index (χ1v) is 48.4. The summed E-state index contributed by atoms with van der Waals surface area (Å²) < 4.78 is 28.8. The van der Waals surface area contributed by atoms with Crippen molar-refractivity contribution in [2.24, 2.45) is 0 Å². The highest BCUT2D eigenvalue weighted by molar-refractivity contribution is 7.99. The van der Waals surface area contributed by atoms with Gasteiger partial charge in [0.05, 0.1) is 99.5 Å². The van der Waals surface area contributed by atoms with Gasteiger partial charge in [0.25, 0.3) is 0 Å². The van der Waals surface area contributed by atoms with E-state index in [1.807, 2.05) is 11.8 Å². The molecule has 0 fully saturated rings. The molecule has 0 saturated carbocycles. The Kier molecular flexibility index (Phi) is 15.5. The Balaban J connectivity index is 0.0000000959. The summed E-state index contributed by atoms with van der Waals surface area (Å²) in [6, 6.07) is 173. The van der Waals surface area contributed by atoms with E-state index in [0.717, 1.165) is 51.0 Å². The molecule has 27 aromatic rings. The predicted octanol–water partition coefficient (Wildman–Crippen LogP) is 32.4. The third-order valence-corrected chi connectivity index (χ3v) is 32.2. The van der Waals surface area contributed by atoms with Gasteiger partial charge in [-0.3, -0.25) is 0 Å². The van der Waals surface area contributed by atoms with E-state index in [2.05, 4.69) is 501 Å². The Morgan fingerprint density at radius 3 is 0.928 bits per heavy atom. The van der Waals surface area contributed by atoms with Crippen molar-refractivity contribution in [3.05, 3.63) is 540 Å². The first-order chi connectivity index (χ1) is 68.5. The van der Waals surface area contributed by atoms with E-state index < -0.39 is 16.2 Å². The van der Waals surface area contributed by atoms with Crippen LogP contribution in [0, 0.1) is 0 Å². The first kappa shape index (κ1) is 75.9. The van der Waals surface area contributed by atoms with Crippen LogP contribution in [0.4, 0.5) is 0 Å². The molecule has 0 radical (unpaired) electrons. The molecule has 21 aromatic carbocycles. The van der Waals surface area contributed by atoms with Crippen LogP contribution in [0.15, 0.2) is 483 Å². The zero-order chi connectivity index (χ0) is 90.0. The van der Waals surface area contributed by atoms with Crippen molar-refractivity contribution in [2.75, 3.05) is 0 Å². The van der Waals surface area contributed by atoms with Crippen molar-refractivity contribution < 1.29 is 9.47 Å². The molecule has 6 aromatic heterocycles. The van der Waals surface area contributed by atoms with Gasteiger partial charge in [0.2, 0.25) is 0 Å². The SMILES string of the molecule is c1ccc(-n2c3ccccc3c3cc4c(cc32)Oc2ccccc2C42c3ccccc3-n3c4ccccc4c4cccc2c43)cc1.c1ccc(-n2c3ccccc3c3cc4c(cc32)Sc2ccccc2C42c3ccccc3-n3c4ccccc4c4cccc2c43)cc1.c1ccc(-n2c3ccccc3c3ccc4c(c32)Oc2ccccc2C42c3ccccc3-n3c4ccccc4c4cccc2c43)cc1. The minimum atomic E-state index is -0.600. The number of hydrogen-bond acceptors (Lipinski definition) is 3. The molecule has 0 aliphatic carbocycles. The number of fused-ring (bicyclic) bond motifs is 43. The summed E-state index contributed by atoms with van der Waals surface area (Å²) in [6.07, 6.45) is 0. The van der Waals surface area contributed by atoms with Crippen LogP contribution in [0.5, 0.6) is 23.0 Å². The largest absolute Gasteiger partial charge is 0.457 e. The minimum absolute atomic E-state index is 0.484. The third kappa shape index (κ3) is 9.73. The summed E-state index contributed by atoms with van der Waals surface area (Å²) >= 11 is 1.91. The molecule has 0 amide bonds. The second-order valence-electron chi connectivity index (χ2n) is 37.4. The van der Waals surface area contributed by atoms with Gasteiger partial charge >= 0.3 is 0 Å². The maximum absolute atomic E-state index is 7.14. The Morgan fingerprint density at radius 1 is 0.159 bits per heavy atom. The molecule has 6 aliphatic rings. The normalized spacial score (nSPS) is 16.1. The van der Waals surface area contributed by atoms with Crippen molar-refractivity contribution in [2.45, 2.75) is 26.0 Å². The van der Waals surface area contributed by atoms with Crippen LogP contribution in [0.3, 0.4) is 0 Å². The highest BCUT2D eigenvalue weighted by atomic mass is 32.2. The Labute approximate surface area is 796 Å². The molecular formula is C129H78N6O2S. The lowest BCUT2D eigenvalue weighted by Gasteiger charge is -2.45. The topological polar surface area (TPSA) is 48.0 Å². The molecule has 9 heteroatoms. The fraction of sp³-hybridized carbons (Fsp3) is 0.0233. The van der Waals surface area contributed by atoms with Crippen molar-refractivity contribution in [3.8, 4) is 57.1 Å². The van der Waals surface area contributed by atoms with Crippen molar-refractivity contribution in [3.63, 3.8) is 0 Å². The lowest BCUT2D eigenvalue weighted by molar-refractivity contribution is 0.434. The fourth-order valence-electron chi connectivity index (χ4n) is 26.0. The standard InChI is InChI=1S/2C43H26N2O.C43H26N2S/c1-2-13-27(14-3-1)44-36-21-8-5-16-29(36)31-25-35-41(26-39(31)44)46-40-24-11-7-19-33(40)43(35)32-18-6-10-23-38(32)45-37-22-9-4-15-28(37)30-17-12-20-34(43)42(30)45;1-2-13-27(14-3-1)44-36-21-8-4-16-29(36)31-25-26-35-42(41(31)44)46-39-24-11-7-19-33(39)43(35)32-18-6-10-23-38(32)45-37-22-9-5-15-28(37)30-17-12-20-34(43)40(30)45;1-2-13-27(14-3-1)44-36-21-8-5-16-29(36)31-25-35-41(26-39(31)44)46-40-24-11-7-19-33(40)43(35)32-18-6-10-23-38(32)45-37-22-9-4-15-28(37)30-17-12-20-34(43)42(30)45/h3*1-26H. The summed E-state index contributed by atoms with van der Waals surface area (Å²) in [7, 11) is 0. The van der Waals surface area contributed by atoms with Crippen LogP contribution in [-0.2, 0) is 16.2 Å². The minimum Gasteiger partial charge on any atom is -0.457 e. The summed E-state index contributed by atoms with van der Waals surface area (Å²) in [6.45, 7) is 0. The van der Waals surface area contributed by atoms with E-state index in [4.69, 9.17) is 9.47 Å². The molecule has 0 N–H and O–H groups in total. The number of rotatable bonds is 3. The molecule has 6 aliphatic heterocycles. The smallest absolute Gasteiger partial charge is 0.156 e. The van der Waals surface area contributed by atoms with Crippen molar-refractivity contribution in [1.82, 2.24) is 27.4 Å². The van der Waals surface area contributed by atoms with E-state index in [0.29, 0.717) is 0 Å². The summed E-state index contributed by atoms with van der Waals surface area (Å²) in [5, 5.41) is 15.1. The van der Waals surface area contributed by atoms with E-state index in [9.17, 15) is 0 Å². The molecule has 8 nitrogen and oxygen atoms in total. The average molecular weight is 1780 g/mol. The van der Waals surface area contributed by atoms with E-state index in [-0.39, 0.29) is 0 Å². The van der Waals surface area contributed by atoms with Gasteiger partial charge in [0.1, 0.15) is 17.2 Å². The number of hydrogen-bond donors (Lipinski definition) is 0. The van der Waals surface area contributed by atoms with Crippen LogP contribution in [0.2, 0.25) is 0 Å². The molecule has 3 atom stereocenters. The number of benzene rings is 21. The number of para-hydroxylation sites is 17. The summed E-state index contributed by atoms with van der Waals surface area (Å²) in [4.78, 5) is 2.62. The molecular weight excluding hydrogens is 1700 g/mol. The second-order valence-corrected chi connectivity index (χ2v) is 38.5. The number of nitrogens with zero attached hydrogens (tertiary/aromatic N) is 6. The molecule has 0 bridgehead atoms. The van der Waals surface area contributed by atoms with Gasteiger partial charge < -0.3 is 36.9 Å². The lowest BCUT2D eigenvalue weighted by atomic mass is 9.61. The van der Waals surface area contributed by atoms with Gasteiger partial charge in [-0.25, -0.2) is 0 Å². The van der Waals surface area contributed by atoms with Gasteiger partial charge in [0.15, 0.2) is 5.75 Å². The number of aromatic nitrogens is 6. The average Bonchev–Trinajstić information content (AvgIpc) is 1.38. The van der Waals surface area contributed by atoms with Crippen LogP contribution in [-0.4, -0.2) is 27.4 Å². The lowest BCUT2D eigenvalue weighted by Crippen LogP contribution is -2.37. The molecule has 3 spiro atoms. The molecule has 642 valence electrons. The van der Waals surface area contributed by atoms with E-state index in [1.54, 1.807) is 0 Å². The van der Waals surface area contributed by atoms with Gasteiger partial charge in [-0.1, -0.05) is 351 Å². The van der Waals surface area contributed by atoms with Gasteiger partial charge in [-0.05, 0) is 172 Å². The Morgan fingerprint density at radius 2 is 0.471 bits per heavy atom. The van der Waals surface area contributed by atoms with Gasteiger partial charge in [-0.2, -0.15) is 0 Å². The van der Waals surface area contributed by atoms with Crippen LogP contribution in [0.25, 0.3) is 165 Å². The zero-order valence-electron chi connectivity index (χ0n) is 74.4. The first-order valence-electron chi connectivity index (χ1n) is 47.6. The van der Waals surface area contributed by atoms with E-state index in [1.165, 1.54) is 214 Å². The third-order valence-electron chi connectivity index (χ3n) is 31.1. The molecule has 138 heavy (non-hydrogen) atoms. The van der Waals surface area contributed by atoms with E-state index >= 15 is 0 Å². The van der Waals surface area contributed by atoms with Crippen LogP contribution >= 0.6 is 11.8 Å². The maximum atomic E-state index is 7.14. The summed E-state index contributed by atoms with van der Waals surface area (Å²) in [5.74, 6) is 3.59. The summed E-state index contributed by atoms with van der Waals surface area (Å²) in [5.41, 5.74) is 35.2. The predicted molar refractivity (Wildman–Crippen MR) is 565 cm³/mol. The van der Waals surface area contributed by atoms with Gasteiger partial charge in [-0.15, -0.1) is 0 Å². The maximum Gasteiger partial charge on any atom is 0.156 e. The molecule has 3 unspecified atom stereocenters. The quantitative estimate of drug-likeness (QED) is 0.177. The second kappa shape index (κ2) is 28.2. The highest BCUT2D eigenvalue weighted by Crippen LogP contribution is 2.67. The molecule has 0 saturated heterocycles. The van der Waals surface area contributed by atoms with Gasteiger partial charge in [0, 0.05) is 120 Å². The molecule has 12 heterocycles. The number of ether oxygens (including phenoxy) is 2. The zero-order valence-corrected chi connectivity index (χ0v) is 75.3. The van der Waals surface area contributed by atoms with Crippen molar-refractivity contribution >= 4 is 143 Å². The van der Waals surface area contributed by atoms with Crippen LogP contribution < -0.4 is 9.47 Å². The molecule has 33 rings (SSSR count).